The first-order valence-corrected chi connectivity index (χ1v) is 9.50. The highest BCUT2D eigenvalue weighted by Crippen LogP contribution is 2.41. The van der Waals surface area contributed by atoms with Crippen molar-refractivity contribution in [2.24, 2.45) is 16.1 Å². The van der Waals surface area contributed by atoms with Crippen molar-refractivity contribution >= 4 is 23.5 Å². The number of pyridine rings is 1. The summed E-state index contributed by atoms with van der Waals surface area (Å²) in [4.78, 5) is 35.2. The molecule has 1 aliphatic heterocycles. The monoisotopic (exact) mass is 428 g/mol. The predicted octanol–water partition coefficient (Wildman–Crippen LogP) is 1.79. The van der Waals surface area contributed by atoms with Gasteiger partial charge in [0.25, 0.3) is 5.91 Å². The quantitative estimate of drug-likeness (QED) is 0.544. The van der Waals surface area contributed by atoms with Gasteiger partial charge < -0.3 is 21.0 Å². The maximum Gasteiger partial charge on any atom is 0.278 e. The Hall–Kier alpha value is -3.50. The van der Waals surface area contributed by atoms with E-state index in [0.717, 1.165) is 5.56 Å². The van der Waals surface area contributed by atoms with Crippen LogP contribution in [0.2, 0.25) is 0 Å². The normalized spacial score (nSPS) is 17.2. The van der Waals surface area contributed by atoms with Crippen LogP contribution in [0.4, 0.5) is 5.69 Å². The van der Waals surface area contributed by atoms with Gasteiger partial charge in [-0.2, -0.15) is 0 Å². The van der Waals surface area contributed by atoms with E-state index >= 15 is 0 Å². The van der Waals surface area contributed by atoms with Gasteiger partial charge in [0.05, 0.1) is 18.6 Å². The number of aliphatic imine (C=N–C) groups is 1. The van der Waals surface area contributed by atoms with Crippen molar-refractivity contribution in [3.63, 3.8) is 0 Å². The van der Waals surface area contributed by atoms with Crippen molar-refractivity contribution < 1.29 is 19.5 Å². The fourth-order valence-electron chi connectivity index (χ4n) is 3.23. The summed E-state index contributed by atoms with van der Waals surface area (Å²) in [5.41, 5.74) is 8.41. The second-order valence-corrected chi connectivity index (χ2v) is 7.33. The van der Waals surface area contributed by atoms with E-state index in [9.17, 15) is 9.59 Å². The molecule has 0 bridgehead atoms. The molecule has 1 aliphatic rings. The van der Waals surface area contributed by atoms with Crippen LogP contribution in [0.1, 0.15) is 35.9 Å². The summed E-state index contributed by atoms with van der Waals surface area (Å²) in [6.07, 6.45) is 1.53. The van der Waals surface area contributed by atoms with E-state index in [1.165, 1.54) is 25.3 Å². The number of methoxy groups -OCH3 is 1. The molecule has 2 amide bonds. The van der Waals surface area contributed by atoms with Crippen LogP contribution in [0, 0.1) is 5.41 Å². The highest BCUT2D eigenvalue weighted by Gasteiger charge is 2.44. The molecule has 1 unspecified atom stereocenters. The number of rotatable bonds is 4. The molecular formula is C21H28N6O4. The first kappa shape index (κ1) is 23.8. The molecule has 1 aromatic carbocycles. The minimum Gasteiger partial charge on any atom is -0.494 e. The zero-order valence-corrected chi connectivity index (χ0v) is 18.2. The molecule has 0 spiro atoms. The molecule has 2 heterocycles. The summed E-state index contributed by atoms with van der Waals surface area (Å²) in [5.74, 6) is 0.0477. The van der Waals surface area contributed by atoms with E-state index in [0.29, 0.717) is 11.4 Å². The van der Waals surface area contributed by atoms with Gasteiger partial charge in [-0.15, -0.1) is 0 Å². The van der Waals surface area contributed by atoms with E-state index in [1.54, 1.807) is 42.9 Å². The molecule has 0 radical (unpaired) electrons. The van der Waals surface area contributed by atoms with Crippen LogP contribution in [0.15, 0.2) is 47.6 Å². The number of carbonyl (C=O) groups is 2. The van der Waals surface area contributed by atoms with Crippen LogP contribution in [0.3, 0.4) is 0 Å². The van der Waals surface area contributed by atoms with Crippen molar-refractivity contribution in [1.82, 2.24) is 15.4 Å². The van der Waals surface area contributed by atoms with Crippen LogP contribution in [-0.2, 0) is 4.79 Å². The molecule has 31 heavy (non-hydrogen) atoms. The zero-order valence-electron chi connectivity index (χ0n) is 18.2. The number of nitrogens with zero attached hydrogens (tertiary/aromatic N) is 3. The van der Waals surface area contributed by atoms with Gasteiger partial charge in [-0.05, 0) is 43.7 Å². The highest BCUT2D eigenvalue weighted by atomic mass is 16.5. The Bertz CT molecular complexity index is 976. The SMILES string of the molecule is CNO.COc1cccnc1C(=O)Nc1cccc(C2N=C(N)N(C)C(=O)C2(C)C)c1. The number of nitrogens with one attached hydrogen (secondary N) is 2. The molecule has 5 N–H and O–H groups in total. The lowest BCUT2D eigenvalue weighted by molar-refractivity contribution is -0.137. The molecule has 0 saturated heterocycles. The lowest BCUT2D eigenvalue weighted by atomic mass is 9.78. The second-order valence-electron chi connectivity index (χ2n) is 7.33. The van der Waals surface area contributed by atoms with E-state index in [2.05, 4.69) is 15.3 Å². The Labute approximate surface area is 181 Å². The number of benzene rings is 1. The lowest BCUT2D eigenvalue weighted by Crippen LogP contribution is -2.51. The maximum absolute atomic E-state index is 12.6. The molecule has 166 valence electrons. The number of hydrogen-bond donors (Lipinski definition) is 4. The summed E-state index contributed by atoms with van der Waals surface area (Å²) in [5, 5.41) is 10.1. The Morgan fingerprint density at radius 1 is 1.29 bits per heavy atom. The number of ether oxygens (including phenoxy) is 1. The predicted molar refractivity (Wildman–Crippen MR) is 117 cm³/mol. The number of guanidine groups is 1. The second kappa shape index (κ2) is 10.0. The van der Waals surface area contributed by atoms with E-state index in [-0.39, 0.29) is 17.6 Å². The summed E-state index contributed by atoms with van der Waals surface area (Å²) in [6.45, 7) is 3.66. The summed E-state index contributed by atoms with van der Waals surface area (Å²) in [7, 11) is 4.52. The number of hydroxylamine groups is 1. The van der Waals surface area contributed by atoms with Crippen molar-refractivity contribution in [3.05, 3.63) is 53.9 Å². The fourth-order valence-corrected chi connectivity index (χ4v) is 3.23. The van der Waals surface area contributed by atoms with Crippen molar-refractivity contribution in [2.45, 2.75) is 19.9 Å². The average Bonchev–Trinajstić information content (AvgIpc) is 2.75. The number of anilines is 1. The molecular weight excluding hydrogens is 400 g/mol. The van der Waals surface area contributed by atoms with E-state index in [1.807, 2.05) is 19.9 Å². The Balaban J connectivity index is 0.00000107. The molecule has 3 rings (SSSR count). The van der Waals surface area contributed by atoms with Gasteiger partial charge in [0.15, 0.2) is 11.7 Å². The van der Waals surface area contributed by atoms with Crippen LogP contribution in [0.25, 0.3) is 0 Å². The number of amides is 2. The highest BCUT2D eigenvalue weighted by molar-refractivity contribution is 6.05. The number of hydrogen-bond acceptors (Lipinski definition) is 8. The molecule has 1 aromatic heterocycles. The largest absolute Gasteiger partial charge is 0.494 e. The Morgan fingerprint density at radius 3 is 2.61 bits per heavy atom. The molecule has 10 nitrogen and oxygen atoms in total. The molecule has 0 fully saturated rings. The minimum atomic E-state index is -0.773. The van der Waals surface area contributed by atoms with Gasteiger partial charge in [0, 0.05) is 26.0 Å². The topological polar surface area (TPSA) is 142 Å². The van der Waals surface area contributed by atoms with Gasteiger partial charge in [-0.3, -0.25) is 14.5 Å². The average molecular weight is 428 g/mol. The van der Waals surface area contributed by atoms with Gasteiger partial charge >= 0.3 is 0 Å². The van der Waals surface area contributed by atoms with E-state index in [4.69, 9.17) is 15.7 Å². The number of nitrogens with two attached hydrogens (primary N) is 1. The first-order valence-electron chi connectivity index (χ1n) is 9.50. The summed E-state index contributed by atoms with van der Waals surface area (Å²) in [6, 6.07) is 10.1. The van der Waals surface area contributed by atoms with E-state index < -0.39 is 17.4 Å². The smallest absolute Gasteiger partial charge is 0.278 e. The number of aromatic nitrogens is 1. The molecule has 0 saturated carbocycles. The van der Waals surface area contributed by atoms with Crippen LogP contribution >= 0.6 is 0 Å². The number of carbonyl (C=O) groups excluding carboxylic acids is 2. The lowest BCUT2D eigenvalue weighted by Gasteiger charge is -2.38. The van der Waals surface area contributed by atoms with Gasteiger partial charge in [0.1, 0.15) is 5.75 Å². The van der Waals surface area contributed by atoms with Gasteiger partial charge in [0.2, 0.25) is 5.91 Å². The van der Waals surface area contributed by atoms with Gasteiger partial charge in [-0.25, -0.2) is 15.5 Å². The maximum atomic E-state index is 12.6. The fraction of sp³-hybridized carbons (Fsp3) is 0.333. The molecule has 0 aliphatic carbocycles. The molecule has 10 heteroatoms. The van der Waals surface area contributed by atoms with Crippen molar-refractivity contribution in [1.29, 1.82) is 0 Å². The van der Waals surface area contributed by atoms with Crippen LogP contribution in [0.5, 0.6) is 5.75 Å². The summed E-state index contributed by atoms with van der Waals surface area (Å²) < 4.78 is 5.19. The van der Waals surface area contributed by atoms with Gasteiger partial charge in [-0.1, -0.05) is 12.1 Å². The molecule has 2 aromatic rings. The van der Waals surface area contributed by atoms with Crippen LogP contribution in [-0.4, -0.2) is 54.1 Å². The third-order valence-electron chi connectivity index (χ3n) is 4.81. The first-order chi connectivity index (χ1) is 14.7. The third kappa shape index (κ3) is 5.16. The molecule has 1 atom stereocenters. The minimum absolute atomic E-state index is 0.113. The standard InChI is InChI=1S/C20H23N5O3.CH5NO/c1-20(2)16(24-19(21)25(3)18(20)27)12-7-5-8-13(11-12)23-17(26)15-14(28-4)9-6-10-22-15;1-2-3/h5-11,16H,1-4H3,(H2,21,24)(H,23,26);2-3H,1H3. The summed E-state index contributed by atoms with van der Waals surface area (Å²) >= 11 is 0. The van der Waals surface area contributed by atoms with Crippen LogP contribution < -0.4 is 21.3 Å². The van der Waals surface area contributed by atoms with Crippen molar-refractivity contribution in [2.75, 3.05) is 26.5 Å². The Morgan fingerprint density at radius 2 is 1.97 bits per heavy atom. The zero-order chi connectivity index (χ0) is 23.2. The third-order valence-corrected chi connectivity index (χ3v) is 4.81. The van der Waals surface area contributed by atoms with Crippen molar-refractivity contribution in [3.8, 4) is 5.75 Å². The Kier molecular flexibility index (Phi) is 7.67.